The Hall–Kier alpha value is -2.75. The van der Waals surface area contributed by atoms with Gasteiger partial charge < -0.3 is 10.0 Å². The van der Waals surface area contributed by atoms with Crippen molar-refractivity contribution in [3.63, 3.8) is 0 Å². The summed E-state index contributed by atoms with van der Waals surface area (Å²) in [6, 6.07) is 26.7. The highest BCUT2D eigenvalue weighted by molar-refractivity contribution is 5.97. The van der Waals surface area contributed by atoms with Gasteiger partial charge in [-0.05, 0) is 91.9 Å². The lowest BCUT2D eigenvalue weighted by Gasteiger charge is -2.35. The molecule has 3 aromatic carbocycles. The van der Waals surface area contributed by atoms with E-state index in [9.17, 15) is 9.90 Å². The fourth-order valence-electron chi connectivity index (χ4n) is 5.79. The van der Waals surface area contributed by atoms with Crippen LogP contribution in [0.5, 0.6) is 0 Å². The Morgan fingerprint density at radius 1 is 0.882 bits per heavy atom. The van der Waals surface area contributed by atoms with Crippen LogP contribution < -0.4 is 0 Å². The van der Waals surface area contributed by atoms with Gasteiger partial charge in [0.1, 0.15) is 0 Å². The highest BCUT2D eigenvalue weighted by Gasteiger charge is 2.29. The fourth-order valence-corrected chi connectivity index (χ4v) is 5.79. The average Bonchev–Trinajstić information content (AvgIpc) is 2.89. The van der Waals surface area contributed by atoms with E-state index < -0.39 is 6.10 Å². The molecule has 0 aromatic heterocycles. The molecular weight excluding hydrogens is 418 g/mol. The molecule has 0 amide bonds. The first-order chi connectivity index (χ1) is 16.7. The molecule has 3 aromatic rings. The first kappa shape index (κ1) is 23.0. The van der Waals surface area contributed by atoms with Crippen LogP contribution in [-0.2, 0) is 12.8 Å². The van der Waals surface area contributed by atoms with Crippen molar-refractivity contribution in [3.05, 3.63) is 107 Å². The summed E-state index contributed by atoms with van der Waals surface area (Å²) in [7, 11) is 0. The van der Waals surface area contributed by atoms with Crippen LogP contribution >= 0.6 is 0 Å². The van der Waals surface area contributed by atoms with E-state index in [0.29, 0.717) is 18.3 Å². The van der Waals surface area contributed by atoms with Crippen molar-refractivity contribution in [1.82, 2.24) is 4.90 Å². The molecule has 2 aliphatic rings. The number of aliphatic hydroxyl groups is 1. The predicted molar refractivity (Wildman–Crippen MR) is 137 cm³/mol. The topological polar surface area (TPSA) is 40.5 Å². The molecule has 1 aliphatic heterocycles. The van der Waals surface area contributed by atoms with E-state index in [1.807, 2.05) is 48.5 Å². The molecule has 1 fully saturated rings. The van der Waals surface area contributed by atoms with Crippen molar-refractivity contribution in [2.45, 2.75) is 50.5 Å². The van der Waals surface area contributed by atoms with Gasteiger partial charge in [0.05, 0.1) is 6.10 Å². The van der Waals surface area contributed by atoms with E-state index in [-0.39, 0.29) is 5.78 Å². The lowest BCUT2D eigenvalue weighted by atomic mass is 9.79. The number of fused-ring (bicyclic) bond motifs is 1. The fraction of sp³-hybridized carbons (Fsp3) is 0.387. The summed E-state index contributed by atoms with van der Waals surface area (Å²) >= 11 is 0. The Morgan fingerprint density at radius 2 is 1.59 bits per heavy atom. The van der Waals surface area contributed by atoms with E-state index in [4.69, 9.17) is 0 Å². The van der Waals surface area contributed by atoms with Gasteiger partial charge in [0.25, 0.3) is 0 Å². The number of nitrogens with zero attached hydrogens (tertiary/aromatic N) is 1. The smallest absolute Gasteiger partial charge is 0.167 e. The maximum atomic E-state index is 12.8. The first-order valence-corrected chi connectivity index (χ1v) is 12.8. The zero-order valence-electron chi connectivity index (χ0n) is 19.9. The van der Waals surface area contributed by atoms with Gasteiger partial charge in [-0.2, -0.15) is 0 Å². The molecule has 1 saturated heterocycles. The molecule has 0 spiro atoms. The van der Waals surface area contributed by atoms with Gasteiger partial charge in [0.2, 0.25) is 0 Å². The molecule has 34 heavy (non-hydrogen) atoms. The zero-order valence-corrected chi connectivity index (χ0v) is 19.9. The minimum atomic E-state index is -0.427. The van der Waals surface area contributed by atoms with Crippen LogP contribution in [0.2, 0.25) is 0 Å². The molecule has 0 bridgehead atoms. The number of hydrogen-bond acceptors (Lipinski definition) is 3. The molecular formula is C31H35NO2. The lowest BCUT2D eigenvalue weighted by molar-refractivity contribution is 0.0771. The first-order valence-electron chi connectivity index (χ1n) is 12.8. The van der Waals surface area contributed by atoms with Gasteiger partial charge in [-0.3, -0.25) is 4.79 Å². The second-order valence-corrected chi connectivity index (χ2v) is 10.1. The zero-order chi connectivity index (χ0) is 23.3. The van der Waals surface area contributed by atoms with E-state index >= 15 is 0 Å². The number of carbonyl (C=O) groups is 1. The molecule has 1 aliphatic carbocycles. The van der Waals surface area contributed by atoms with Crippen molar-refractivity contribution < 1.29 is 9.90 Å². The van der Waals surface area contributed by atoms with Crippen LogP contribution in [0.3, 0.4) is 0 Å². The summed E-state index contributed by atoms with van der Waals surface area (Å²) in [6.07, 6.45) is 5.41. The summed E-state index contributed by atoms with van der Waals surface area (Å²) in [5.74, 6) is 1.12. The molecule has 2 atom stereocenters. The van der Waals surface area contributed by atoms with Crippen LogP contribution in [0.15, 0.2) is 78.9 Å². The van der Waals surface area contributed by atoms with Crippen LogP contribution in [0.25, 0.3) is 0 Å². The number of aryl methyl sites for hydroxylation is 1. The van der Waals surface area contributed by atoms with E-state index in [1.165, 1.54) is 18.4 Å². The standard InChI is InChI=1S/C31H35NO2/c33-30(21-23-7-3-1-4-8-23)28-13-14-29-27(22-28)12-11-26(31(29)34)17-20-32-18-15-25(16-19-32)24-9-5-2-6-10-24/h1-10,13-14,22,25-26,31,34H,11-12,15-21H2. The molecule has 3 heteroatoms. The summed E-state index contributed by atoms with van der Waals surface area (Å²) in [5.41, 5.74) is 5.44. The van der Waals surface area contributed by atoms with E-state index in [1.54, 1.807) is 0 Å². The van der Waals surface area contributed by atoms with Crippen molar-refractivity contribution in [1.29, 1.82) is 0 Å². The Labute approximate surface area is 203 Å². The third-order valence-electron chi connectivity index (χ3n) is 7.90. The van der Waals surface area contributed by atoms with Gasteiger partial charge in [0, 0.05) is 12.0 Å². The summed E-state index contributed by atoms with van der Waals surface area (Å²) in [4.78, 5) is 15.3. The molecule has 3 nitrogen and oxygen atoms in total. The van der Waals surface area contributed by atoms with Gasteiger partial charge >= 0.3 is 0 Å². The summed E-state index contributed by atoms with van der Waals surface area (Å²) in [6.45, 7) is 3.35. The number of benzene rings is 3. The number of aliphatic hydroxyl groups excluding tert-OH is 1. The highest BCUT2D eigenvalue weighted by Crippen LogP contribution is 2.37. The number of ketones is 1. The molecule has 2 unspecified atom stereocenters. The number of Topliss-reactive ketones (excluding diaryl/α,β-unsaturated/α-hetero) is 1. The van der Waals surface area contributed by atoms with Gasteiger partial charge in [-0.15, -0.1) is 0 Å². The van der Waals surface area contributed by atoms with Gasteiger partial charge in [0.15, 0.2) is 5.78 Å². The molecule has 1 N–H and O–H groups in total. The van der Waals surface area contributed by atoms with E-state index in [2.05, 4.69) is 35.2 Å². The van der Waals surface area contributed by atoms with Crippen LogP contribution in [-0.4, -0.2) is 35.4 Å². The monoisotopic (exact) mass is 453 g/mol. The van der Waals surface area contributed by atoms with Gasteiger partial charge in [-0.25, -0.2) is 0 Å². The molecule has 0 saturated carbocycles. The maximum Gasteiger partial charge on any atom is 0.167 e. The Morgan fingerprint density at radius 3 is 2.32 bits per heavy atom. The Balaban J connectivity index is 1.14. The lowest BCUT2D eigenvalue weighted by Crippen LogP contribution is -2.35. The van der Waals surface area contributed by atoms with E-state index in [0.717, 1.165) is 61.2 Å². The molecule has 5 rings (SSSR count). The molecule has 1 heterocycles. The minimum absolute atomic E-state index is 0.143. The van der Waals surface area contributed by atoms with Crippen molar-refractivity contribution in [3.8, 4) is 0 Å². The number of likely N-dealkylation sites (tertiary alicyclic amines) is 1. The largest absolute Gasteiger partial charge is 0.388 e. The Bertz CT molecular complexity index is 1090. The SMILES string of the molecule is O=C(Cc1ccccc1)c1ccc2c(c1)CCC(CCN1CCC(c3ccccc3)CC1)C2O. The quantitative estimate of drug-likeness (QED) is 0.448. The molecule has 176 valence electrons. The third kappa shape index (κ3) is 5.32. The normalized spacial score (nSPS) is 21.2. The number of carbonyl (C=O) groups excluding carboxylic acids is 1. The van der Waals surface area contributed by atoms with Crippen LogP contribution in [0.1, 0.15) is 70.3 Å². The van der Waals surface area contributed by atoms with Crippen LogP contribution in [0, 0.1) is 5.92 Å². The Kier molecular flexibility index (Phi) is 7.22. The third-order valence-corrected chi connectivity index (χ3v) is 7.90. The van der Waals surface area contributed by atoms with Crippen molar-refractivity contribution >= 4 is 5.78 Å². The number of hydrogen-bond donors (Lipinski definition) is 1. The number of rotatable bonds is 7. The second-order valence-electron chi connectivity index (χ2n) is 10.1. The van der Waals surface area contributed by atoms with Gasteiger partial charge in [-0.1, -0.05) is 72.8 Å². The molecule has 0 radical (unpaired) electrons. The van der Waals surface area contributed by atoms with Crippen molar-refractivity contribution in [2.24, 2.45) is 5.92 Å². The minimum Gasteiger partial charge on any atom is -0.388 e. The predicted octanol–water partition coefficient (Wildman–Crippen LogP) is 5.98. The number of piperidine rings is 1. The second kappa shape index (κ2) is 10.7. The van der Waals surface area contributed by atoms with Crippen molar-refractivity contribution in [2.75, 3.05) is 19.6 Å². The average molecular weight is 454 g/mol. The summed E-state index contributed by atoms with van der Waals surface area (Å²) < 4.78 is 0. The maximum absolute atomic E-state index is 12.8. The highest BCUT2D eigenvalue weighted by atomic mass is 16.3. The summed E-state index contributed by atoms with van der Waals surface area (Å²) in [5, 5.41) is 11.1. The van der Waals surface area contributed by atoms with Crippen LogP contribution in [0.4, 0.5) is 0 Å².